The predicted molar refractivity (Wildman–Crippen MR) is 74.8 cm³/mol. The summed E-state index contributed by atoms with van der Waals surface area (Å²) in [7, 11) is 1.70. The lowest BCUT2D eigenvalue weighted by atomic mass is 10.1. The minimum absolute atomic E-state index is 0.714. The highest BCUT2D eigenvalue weighted by Gasteiger charge is 2.07. The van der Waals surface area contributed by atoms with Crippen LogP contribution in [0.4, 0.5) is 0 Å². The van der Waals surface area contributed by atoms with Crippen molar-refractivity contribution < 1.29 is 4.74 Å². The van der Waals surface area contributed by atoms with Gasteiger partial charge in [-0.2, -0.15) is 0 Å². The van der Waals surface area contributed by atoms with Gasteiger partial charge in [-0.15, -0.1) is 0 Å². The zero-order chi connectivity index (χ0) is 13.5. The summed E-state index contributed by atoms with van der Waals surface area (Å²) in [5.41, 5.74) is 3.40. The van der Waals surface area contributed by atoms with Crippen molar-refractivity contribution in [3.63, 3.8) is 0 Å². The minimum atomic E-state index is 0.714. The Labute approximate surface area is 113 Å². The Morgan fingerprint density at radius 1 is 1.37 bits per heavy atom. The van der Waals surface area contributed by atoms with Gasteiger partial charge in [0.25, 0.3) is 0 Å². The number of hydrogen-bond acceptors (Lipinski definition) is 4. The van der Waals surface area contributed by atoms with Gasteiger partial charge < -0.3 is 15.0 Å². The van der Waals surface area contributed by atoms with Gasteiger partial charge in [0.2, 0.25) is 0 Å². The number of aryl methyl sites for hydroxylation is 1. The summed E-state index contributed by atoms with van der Waals surface area (Å²) < 4.78 is 4.99. The van der Waals surface area contributed by atoms with Crippen molar-refractivity contribution in [2.45, 2.75) is 19.9 Å². The van der Waals surface area contributed by atoms with Gasteiger partial charge in [-0.3, -0.25) is 4.98 Å². The average molecular weight is 260 g/mol. The first kappa shape index (κ1) is 13.7. The number of nitrogens with zero attached hydrogens (tertiary/aromatic N) is 2. The summed E-state index contributed by atoms with van der Waals surface area (Å²) in [5.74, 6) is 0.905. The number of rotatable bonds is 7. The van der Waals surface area contributed by atoms with E-state index in [9.17, 15) is 0 Å². The van der Waals surface area contributed by atoms with Crippen LogP contribution in [-0.2, 0) is 17.7 Å². The Morgan fingerprint density at radius 2 is 2.26 bits per heavy atom. The van der Waals surface area contributed by atoms with Crippen molar-refractivity contribution in [3.8, 4) is 11.4 Å². The summed E-state index contributed by atoms with van der Waals surface area (Å²) in [6, 6.07) is 2.00. The number of imidazole rings is 1. The molecule has 0 amide bonds. The summed E-state index contributed by atoms with van der Waals surface area (Å²) >= 11 is 0. The lowest BCUT2D eigenvalue weighted by Crippen LogP contribution is -2.18. The Morgan fingerprint density at radius 3 is 3.05 bits per heavy atom. The molecule has 2 aromatic heterocycles. The van der Waals surface area contributed by atoms with E-state index in [0.717, 1.165) is 36.6 Å². The van der Waals surface area contributed by atoms with Gasteiger partial charge >= 0.3 is 0 Å². The molecule has 2 N–H and O–H groups in total. The van der Waals surface area contributed by atoms with Gasteiger partial charge in [0.05, 0.1) is 6.61 Å². The van der Waals surface area contributed by atoms with Crippen LogP contribution in [0.5, 0.6) is 0 Å². The Kier molecular flexibility index (Phi) is 5.06. The van der Waals surface area contributed by atoms with Crippen LogP contribution in [0.15, 0.2) is 24.7 Å². The summed E-state index contributed by atoms with van der Waals surface area (Å²) in [6.07, 6.45) is 6.52. The monoisotopic (exact) mass is 260 g/mol. The Balaban J connectivity index is 2.04. The number of aromatic nitrogens is 3. The van der Waals surface area contributed by atoms with E-state index in [4.69, 9.17) is 4.74 Å². The predicted octanol–water partition coefficient (Wildman–Crippen LogP) is 1.77. The van der Waals surface area contributed by atoms with Crippen molar-refractivity contribution >= 4 is 0 Å². The molecule has 2 rings (SSSR count). The highest BCUT2D eigenvalue weighted by Crippen LogP contribution is 2.20. The Hall–Kier alpha value is -1.72. The molecule has 0 unspecified atom stereocenters. The van der Waals surface area contributed by atoms with Gasteiger partial charge in [-0.25, -0.2) is 4.98 Å². The maximum absolute atomic E-state index is 4.99. The average Bonchev–Trinajstić information content (AvgIpc) is 2.92. The zero-order valence-corrected chi connectivity index (χ0v) is 11.4. The number of nitrogens with one attached hydrogen (secondary N) is 2. The molecule has 0 fully saturated rings. The number of methoxy groups -OCH3 is 1. The van der Waals surface area contributed by atoms with Crippen molar-refractivity contribution in [3.05, 3.63) is 35.9 Å². The van der Waals surface area contributed by atoms with Gasteiger partial charge in [0, 0.05) is 50.0 Å². The second-order valence-corrected chi connectivity index (χ2v) is 4.31. The first-order chi connectivity index (χ1) is 9.35. The number of H-pyrrole nitrogens is 1. The van der Waals surface area contributed by atoms with E-state index in [-0.39, 0.29) is 0 Å². The van der Waals surface area contributed by atoms with Crippen LogP contribution < -0.4 is 5.32 Å². The third-order valence-electron chi connectivity index (χ3n) is 2.97. The molecule has 0 aliphatic carbocycles. The van der Waals surface area contributed by atoms with Crippen LogP contribution in [-0.4, -0.2) is 35.2 Å². The fourth-order valence-corrected chi connectivity index (χ4v) is 1.92. The van der Waals surface area contributed by atoms with E-state index in [1.807, 2.05) is 18.5 Å². The van der Waals surface area contributed by atoms with Crippen molar-refractivity contribution in [1.29, 1.82) is 0 Å². The molecule has 2 heterocycles. The molecule has 0 atom stereocenters. The van der Waals surface area contributed by atoms with Gasteiger partial charge in [0.1, 0.15) is 5.82 Å². The lowest BCUT2D eigenvalue weighted by molar-refractivity contribution is 0.199. The molecule has 0 saturated carbocycles. The van der Waals surface area contributed by atoms with Crippen LogP contribution in [0.3, 0.4) is 0 Å². The van der Waals surface area contributed by atoms with Gasteiger partial charge in [-0.05, 0) is 18.1 Å². The molecule has 2 aromatic rings. The van der Waals surface area contributed by atoms with Crippen molar-refractivity contribution in [1.82, 2.24) is 20.3 Å². The lowest BCUT2D eigenvalue weighted by Gasteiger charge is -2.04. The van der Waals surface area contributed by atoms with E-state index >= 15 is 0 Å². The number of aromatic amines is 1. The summed E-state index contributed by atoms with van der Waals surface area (Å²) in [5, 5.41) is 3.29. The quantitative estimate of drug-likeness (QED) is 0.745. The molecule has 0 bridgehead atoms. The van der Waals surface area contributed by atoms with Crippen molar-refractivity contribution in [2.24, 2.45) is 0 Å². The molecular weight excluding hydrogens is 240 g/mol. The molecule has 5 heteroatoms. The van der Waals surface area contributed by atoms with Gasteiger partial charge in [0.15, 0.2) is 0 Å². The molecule has 5 nitrogen and oxygen atoms in total. The molecular formula is C14H20N4O. The second-order valence-electron chi connectivity index (χ2n) is 4.31. The van der Waals surface area contributed by atoms with Crippen molar-refractivity contribution in [2.75, 3.05) is 20.3 Å². The van der Waals surface area contributed by atoms with E-state index in [1.54, 1.807) is 13.3 Å². The van der Waals surface area contributed by atoms with Crippen LogP contribution >= 0.6 is 0 Å². The fourth-order valence-electron chi connectivity index (χ4n) is 1.92. The third kappa shape index (κ3) is 3.62. The second kappa shape index (κ2) is 7.01. The van der Waals surface area contributed by atoms with Crippen LogP contribution in [0.1, 0.15) is 18.2 Å². The minimum Gasteiger partial charge on any atom is -0.383 e. The molecule has 0 saturated heterocycles. The molecule has 102 valence electrons. The van der Waals surface area contributed by atoms with E-state index in [0.29, 0.717) is 6.61 Å². The molecule has 0 aromatic carbocycles. The zero-order valence-electron chi connectivity index (χ0n) is 11.4. The van der Waals surface area contributed by atoms with Crippen LogP contribution in [0.2, 0.25) is 0 Å². The topological polar surface area (TPSA) is 62.8 Å². The van der Waals surface area contributed by atoms with Crippen LogP contribution in [0.25, 0.3) is 11.4 Å². The smallest absolute Gasteiger partial charge is 0.137 e. The molecule has 19 heavy (non-hydrogen) atoms. The first-order valence-electron chi connectivity index (χ1n) is 6.52. The molecule has 0 aliphatic heterocycles. The Bertz CT molecular complexity index is 510. The highest BCUT2D eigenvalue weighted by atomic mass is 16.5. The SMILES string of the molecule is CCc1cnccc1-c1ncc(CNCCOC)[nH]1. The number of hydrogen-bond donors (Lipinski definition) is 2. The summed E-state index contributed by atoms with van der Waals surface area (Å²) in [4.78, 5) is 11.9. The maximum Gasteiger partial charge on any atom is 0.137 e. The highest BCUT2D eigenvalue weighted by molar-refractivity contribution is 5.59. The van der Waals surface area contributed by atoms with E-state index < -0.39 is 0 Å². The fraction of sp³-hybridized carbons (Fsp3) is 0.429. The third-order valence-corrected chi connectivity index (χ3v) is 2.97. The normalized spacial score (nSPS) is 10.8. The molecule has 0 radical (unpaired) electrons. The van der Waals surface area contributed by atoms with E-state index in [2.05, 4.69) is 27.2 Å². The largest absolute Gasteiger partial charge is 0.383 e. The number of pyridine rings is 1. The summed E-state index contributed by atoms with van der Waals surface area (Å²) in [6.45, 7) is 4.44. The van der Waals surface area contributed by atoms with Gasteiger partial charge in [-0.1, -0.05) is 6.92 Å². The van der Waals surface area contributed by atoms with Crippen LogP contribution in [0, 0.1) is 0 Å². The molecule has 0 aliphatic rings. The molecule has 0 spiro atoms. The first-order valence-corrected chi connectivity index (χ1v) is 6.52. The van der Waals surface area contributed by atoms with E-state index in [1.165, 1.54) is 5.56 Å². The number of ether oxygens (including phenoxy) is 1. The standard InChI is InChI=1S/C14H20N4O/c1-3-11-8-15-5-4-13(11)14-17-10-12(18-14)9-16-6-7-19-2/h4-5,8,10,16H,3,6-7,9H2,1-2H3,(H,17,18). The maximum atomic E-state index is 4.99.